The molecule has 2 amide bonds. The Labute approximate surface area is 160 Å². The molecule has 2 aromatic rings. The molecule has 0 saturated heterocycles. The maximum absolute atomic E-state index is 12.8. The lowest BCUT2D eigenvalue weighted by Crippen LogP contribution is -2.21. The van der Waals surface area contributed by atoms with Crippen molar-refractivity contribution in [1.82, 2.24) is 5.32 Å². The average molecular weight is 420 g/mol. The van der Waals surface area contributed by atoms with Gasteiger partial charge in [0.2, 0.25) is 0 Å². The van der Waals surface area contributed by atoms with Gasteiger partial charge in [0.15, 0.2) is 6.61 Å². The van der Waals surface area contributed by atoms with Gasteiger partial charge < -0.3 is 15.4 Å². The Bertz CT molecular complexity index is 877. The monoisotopic (exact) mass is 420 g/mol. The first-order valence-electron chi connectivity index (χ1n) is 7.94. The van der Waals surface area contributed by atoms with Gasteiger partial charge in [0.1, 0.15) is 5.75 Å². The number of rotatable bonds is 5. The molecule has 0 spiro atoms. The molecule has 0 aromatic heterocycles. The van der Waals surface area contributed by atoms with Crippen molar-refractivity contribution in [2.24, 2.45) is 0 Å². The van der Waals surface area contributed by atoms with Crippen molar-refractivity contribution in [1.29, 1.82) is 0 Å². The molecule has 0 aliphatic carbocycles. The fraction of sp³-hybridized carbons (Fsp3) is 0.222. The van der Waals surface area contributed by atoms with Gasteiger partial charge >= 0.3 is 12.4 Å². The van der Waals surface area contributed by atoms with E-state index in [9.17, 15) is 35.9 Å². The number of benzene rings is 2. The highest BCUT2D eigenvalue weighted by Crippen LogP contribution is 2.37. The highest BCUT2D eigenvalue weighted by molar-refractivity contribution is 5.94. The molecule has 156 valence electrons. The predicted molar refractivity (Wildman–Crippen MR) is 90.4 cm³/mol. The molecule has 11 heteroatoms. The van der Waals surface area contributed by atoms with E-state index in [4.69, 9.17) is 4.74 Å². The maximum Gasteiger partial charge on any atom is 0.416 e. The molecular formula is C18H14F6N2O3. The zero-order valence-electron chi connectivity index (χ0n) is 14.7. The Kier molecular flexibility index (Phi) is 6.40. The van der Waals surface area contributed by atoms with Crippen molar-refractivity contribution >= 4 is 17.5 Å². The van der Waals surface area contributed by atoms with Crippen LogP contribution in [0.1, 0.15) is 21.5 Å². The minimum absolute atomic E-state index is 0.0452. The van der Waals surface area contributed by atoms with E-state index >= 15 is 0 Å². The fourth-order valence-electron chi connectivity index (χ4n) is 2.24. The van der Waals surface area contributed by atoms with E-state index in [-0.39, 0.29) is 17.4 Å². The van der Waals surface area contributed by atoms with Crippen LogP contribution in [0.25, 0.3) is 0 Å². The van der Waals surface area contributed by atoms with Crippen LogP contribution >= 0.6 is 0 Å². The molecule has 0 saturated carbocycles. The minimum atomic E-state index is -5.03. The molecule has 2 N–H and O–H groups in total. The molecule has 2 aromatic carbocycles. The number of nitrogens with one attached hydrogen (secondary N) is 2. The zero-order chi connectivity index (χ0) is 21.8. The van der Waals surface area contributed by atoms with Crippen molar-refractivity contribution in [3.8, 4) is 5.75 Å². The molecule has 0 heterocycles. The van der Waals surface area contributed by atoms with Gasteiger partial charge in [0, 0.05) is 18.3 Å². The lowest BCUT2D eigenvalue weighted by atomic mass is 10.1. The highest BCUT2D eigenvalue weighted by Gasteiger charge is 2.37. The first kappa shape index (κ1) is 22.1. The molecule has 29 heavy (non-hydrogen) atoms. The topological polar surface area (TPSA) is 67.4 Å². The van der Waals surface area contributed by atoms with Gasteiger partial charge in [-0.1, -0.05) is 6.07 Å². The second kappa shape index (κ2) is 8.41. The quantitative estimate of drug-likeness (QED) is 0.716. The van der Waals surface area contributed by atoms with Gasteiger partial charge in [-0.25, -0.2) is 0 Å². The van der Waals surface area contributed by atoms with Crippen molar-refractivity contribution < 1.29 is 40.7 Å². The Balaban J connectivity index is 2.13. The first-order valence-corrected chi connectivity index (χ1v) is 7.94. The number of halogens is 6. The van der Waals surface area contributed by atoms with Crippen LogP contribution in [0.15, 0.2) is 42.5 Å². The summed E-state index contributed by atoms with van der Waals surface area (Å²) < 4.78 is 82.2. The summed E-state index contributed by atoms with van der Waals surface area (Å²) in [6.07, 6.45) is -10.1. The third-order valence-electron chi connectivity index (χ3n) is 3.56. The van der Waals surface area contributed by atoms with Gasteiger partial charge in [-0.05, 0) is 36.4 Å². The second-order valence-corrected chi connectivity index (χ2v) is 5.74. The largest absolute Gasteiger partial charge is 0.484 e. The van der Waals surface area contributed by atoms with Crippen LogP contribution in [0.4, 0.5) is 32.0 Å². The molecular weight excluding hydrogens is 406 g/mol. The van der Waals surface area contributed by atoms with Crippen LogP contribution in [0.5, 0.6) is 5.75 Å². The third-order valence-corrected chi connectivity index (χ3v) is 3.56. The molecule has 0 aliphatic rings. The lowest BCUT2D eigenvalue weighted by Gasteiger charge is -2.15. The number of carbonyl (C=O) groups excluding carboxylic acids is 2. The van der Waals surface area contributed by atoms with Gasteiger partial charge in [0.25, 0.3) is 11.8 Å². The van der Waals surface area contributed by atoms with Crippen LogP contribution in [0, 0.1) is 0 Å². The highest BCUT2D eigenvalue weighted by atomic mass is 19.4. The van der Waals surface area contributed by atoms with Crippen molar-refractivity contribution in [3.63, 3.8) is 0 Å². The summed E-state index contributed by atoms with van der Waals surface area (Å²) in [5.41, 5.74) is -3.55. The summed E-state index contributed by atoms with van der Waals surface area (Å²) in [5.74, 6) is -1.28. The summed E-state index contributed by atoms with van der Waals surface area (Å²) in [6.45, 7) is -0.700. The van der Waals surface area contributed by atoms with Crippen molar-refractivity contribution in [2.45, 2.75) is 12.4 Å². The van der Waals surface area contributed by atoms with E-state index in [1.165, 1.54) is 31.3 Å². The Morgan fingerprint density at radius 2 is 1.52 bits per heavy atom. The summed E-state index contributed by atoms with van der Waals surface area (Å²) in [5, 5.41) is 4.33. The van der Waals surface area contributed by atoms with Crippen LogP contribution in [0.3, 0.4) is 0 Å². The second-order valence-electron chi connectivity index (χ2n) is 5.74. The number of carbonyl (C=O) groups is 2. The van der Waals surface area contributed by atoms with Gasteiger partial charge in [-0.15, -0.1) is 0 Å². The van der Waals surface area contributed by atoms with Crippen LogP contribution in [0.2, 0.25) is 0 Å². The molecule has 0 radical (unpaired) electrons. The van der Waals surface area contributed by atoms with E-state index in [2.05, 4.69) is 5.32 Å². The van der Waals surface area contributed by atoms with E-state index in [1.807, 2.05) is 5.32 Å². The number of ether oxygens (including phenoxy) is 1. The maximum atomic E-state index is 12.8. The average Bonchev–Trinajstić information content (AvgIpc) is 2.64. The van der Waals surface area contributed by atoms with E-state index < -0.39 is 47.6 Å². The molecule has 0 aliphatic heterocycles. The summed E-state index contributed by atoms with van der Waals surface area (Å²) in [7, 11) is 1.41. The van der Waals surface area contributed by atoms with Crippen molar-refractivity contribution in [3.05, 3.63) is 59.2 Å². The number of amides is 2. The predicted octanol–water partition coefficient (Wildman–Crippen LogP) is 4.10. The number of anilines is 1. The number of hydrogen-bond donors (Lipinski definition) is 2. The van der Waals surface area contributed by atoms with Crippen LogP contribution < -0.4 is 15.4 Å². The van der Waals surface area contributed by atoms with E-state index in [0.717, 1.165) is 0 Å². The van der Waals surface area contributed by atoms with Gasteiger partial charge in [0.05, 0.1) is 11.1 Å². The summed E-state index contributed by atoms with van der Waals surface area (Å²) in [4.78, 5) is 23.4. The SMILES string of the molecule is CNC(=O)c1cccc(OCC(=O)Nc2cc(C(F)(F)F)cc(C(F)(F)F)c2)c1. The third kappa shape index (κ3) is 6.13. The molecule has 2 rings (SSSR count). The fourth-order valence-corrected chi connectivity index (χ4v) is 2.24. The Morgan fingerprint density at radius 1 is 0.931 bits per heavy atom. The van der Waals surface area contributed by atoms with Gasteiger partial charge in [-0.2, -0.15) is 26.3 Å². The van der Waals surface area contributed by atoms with Crippen LogP contribution in [-0.2, 0) is 17.1 Å². The normalized spacial score (nSPS) is 11.7. The Hall–Kier alpha value is -3.24. The number of hydrogen-bond acceptors (Lipinski definition) is 3. The summed E-state index contributed by atoms with van der Waals surface area (Å²) >= 11 is 0. The van der Waals surface area contributed by atoms with E-state index in [1.54, 1.807) is 0 Å². The smallest absolute Gasteiger partial charge is 0.416 e. The minimum Gasteiger partial charge on any atom is -0.484 e. The van der Waals surface area contributed by atoms with E-state index in [0.29, 0.717) is 12.1 Å². The number of alkyl halides is 6. The summed E-state index contributed by atoms with van der Waals surface area (Å²) in [6, 6.07) is 6.42. The molecule has 5 nitrogen and oxygen atoms in total. The Morgan fingerprint density at radius 3 is 2.03 bits per heavy atom. The standard InChI is InChI=1S/C18H14F6N2O3/c1-25-16(28)10-3-2-4-14(5-10)29-9-15(27)26-13-7-11(17(19,20)21)6-12(8-13)18(22,23)24/h2-8H,9H2,1H3,(H,25,28)(H,26,27). The van der Waals surface area contributed by atoms with Crippen LogP contribution in [-0.4, -0.2) is 25.5 Å². The lowest BCUT2D eigenvalue weighted by molar-refractivity contribution is -0.143. The molecule has 0 unspecified atom stereocenters. The molecule has 0 atom stereocenters. The zero-order valence-corrected chi connectivity index (χ0v) is 14.7. The van der Waals surface area contributed by atoms with Crippen molar-refractivity contribution in [2.75, 3.05) is 19.0 Å². The van der Waals surface area contributed by atoms with Gasteiger partial charge in [-0.3, -0.25) is 9.59 Å². The first-order chi connectivity index (χ1) is 13.4. The molecule has 0 fully saturated rings. The molecule has 0 bridgehead atoms.